The van der Waals surface area contributed by atoms with E-state index < -0.39 is 373 Å². The van der Waals surface area contributed by atoms with Crippen molar-refractivity contribution in [2.75, 3.05) is 126 Å². The second kappa shape index (κ2) is 35.7. The first-order chi connectivity index (χ1) is 52.4. The Labute approximate surface area is 625 Å². The van der Waals surface area contributed by atoms with Crippen LogP contribution in [0.2, 0.25) is 0 Å². The standard InChI is InChI=1S/C60H102O51/c61-1-20-31(73)42(84)52(11-70,102-20)94-14-55(45(87)34(76)23(4-64)105-55)96-16-57(47(89)36(78)25(6-66)107-57)98-18-59(49(91)38(80)27(8-68)109-59)100-19-60(50(92)39(81)28(9-69)110-60)99-17-58(48(90)37(79)26(7-67)108-58)97-15-56(46(88)35(77)24(5-65)106-56)95-13-54(44(86)33(75)22(3-63)104-54)93-10-29-30(72)40(82)41(83)51(101-29)111-53(12-71)43(85)32(74)21(2-62)103-53/h20-51,61-92H,1-19H2/t20-,21+,22-,23-,24-,25-,26-,27-,28-,29+,30+,31-,32+,33-,34-,35-,36-,37-,38-,39-,40-,41+,42+,43-,44+,45+,46+,47+,48+,49+,50+,51+,52-,53-,54-,55-,56-,57-,58-,59-,60-/m0/s1. The van der Waals surface area contributed by atoms with Crippen LogP contribution in [0.4, 0.5) is 0 Å². The van der Waals surface area contributed by atoms with E-state index in [1.165, 1.54) is 0 Å². The van der Waals surface area contributed by atoms with Crippen LogP contribution in [0.1, 0.15) is 0 Å². The molecule has 0 spiro atoms. The van der Waals surface area contributed by atoms with Crippen molar-refractivity contribution in [2.24, 2.45) is 0 Å². The topological polar surface area (TPSA) is 823 Å². The maximum absolute atomic E-state index is 12.0. The summed E-state index contributed by atoms with van der Waals surface area (Å²) >= 11 is 0. The molecule has 0 saturated carbocycles. The molecule has 10 saturated heterocycles. The number of hydrogen-bond acceptors (Lipinski definition) is 51. The normalized spacial score (nSPS) is 52.8. The SMILES string of the molecule is OC[C@@H]1O[C@](CO)(OC[C@]2(OC[C@]3(OC[C@]4(OC[C@]5(OC[C@]6(OC[C@]7(OC[C@]8(OC[C@H]9O[C@H](O[C@]%10(CO)O[C@H](CO)[C@@H](O)[C@@H]%10O)[C@H](O)[C@@H](O)[C@@H]9O)O[C@@H](CO)[C@H](O)[C@H]8O)O[C@@H](CO)[C@H](O)[C@H]7O)O[C@@H](CO)[C@H](O)[C@H]6O)O[C@@H](CO)[C@H](O)[C@H]5O)O[C@@H](CO)[C@H](O)[C@H]4O)O[C@@H](CO)[C@H](O)[C@H]3O)O[C@@H](CO)[C@H](O)[C@H]2O)[C@H](O)[C@H]1O. The zero-order valence-corrected chi connectivity index (χ0v) is 58.5. The smallest absolute Gasteiger partial charge is 0.224 e. The molecule has 10 fully saturated rings. The van der Waals surface area contributed by atoms with Crippen molar-refractivity contribution < 1.29 is 253 Å². The van der Waals surface area contributed by atoms with Gasteiger partial charge in [0.15, 0.2) is 6.29 Å². The lowest BCUT2D eigenvalue weighted by Gasteiger charge is -2.44. The first kappa shape index (κ1) is 91.3. The van der Waals surface area contributed by atoms with E-state index in [0.29, 0.717) is 0 Å². The summed E-state index contributed by atoms with van der Waals surface area (Å²) < 4.78 is 111. The molecule has 32 N–H and O–H groups in total. The highest BCUT2D eigenvalue weighted by Gasteiger charge is 2.70. The Balaban J connectivity index is 0.937. The zero-order valence-electron chi connectivity index (χ0n) is 58.5. The van der Waals surface area contributed by atoms with Crippen molar-refractivity contribution >= 4 is 0 Å². The number of aliphatic hydroxyl groups excluding tert-OH is 32. The number of aliphatic hydroxyl groups is 32. The van der Waals surface area contributed by atoms with Gasteiger partial charge in [-0.2, -0.15) is 0 Å². The Kier molecular flexibility index (Phi) is 29.4. The molecule has 10 heterocycles. The first-order valence-corrected chi connectivity index (χ1v) is 34.9. The van der Waals surface area contributed by atoms with Crippen molar-refractivity contribution in [3.05, 3.63) is 0 Å². The maximum Gasteiger partial charge on any atom is 0.224 e. The minimum Gasteiger partial charge on any atom is -0.394 e. The molecule has 41 atom stereocenters. The predicted octanol–water partition coefficient (Wildman–Crippen LogP) is -22.8. The van der Waals surface area contributed by atoms with E-state index in [0.717, 1.165) is 0 Å². The summed E-state index contributed by atoms with van der Waals surface area (Å²) in [5.74, 6) is -27.0. The van der Waals surface area contributed by atoms with E-state index in [4.69, 9.17) is 90.0 Å². The van der Waals surface area contributed by atoms with Gasteiger partial charge in [-0.1, -0.05) is 0 Å². The minimum atomic E-state index is -3.19. The van der Waals surface area contributed by atoms with E-state index in [1.807, 2.05) is 0 Å². The highest BCUT2D eigenvalue weighted by atomic mass is 16.9. The van der Waals surface area contributed by atoms with E-state index in [1.54, 1.807) is 0 Å². The van der Waals surface area contributed by atoms with Crippen molar-refractivity contribution in [3.63, 3.8) is 0 Å². The van der Waals surface area contributed by atoms with Gasteiger partial charge < -0.3 is 253 Å². The fourth-order valence-corrected chi connectivity index (χ4v) is 14.7. The quantitative estimate of drug-likeness (QED) is 0.0275. The summed E-state index contributed by atoms with van der Waals surface area (Å²) in [6, 6.07) is 0. The second-order valence-corrected chi connectivity index (χ2v) is 28.6. The van der Waals surface area contributed by atoms with Gasteiger partial charge in [-0.05, 0) is 0 Å². The molecule has 0 aromatic rings. The van der Waals surface area contributed by atoms with E-state index in [9.17, 15) is 163 Å². The molecule has 10 aliphatic rings. The number of rotatable bonds is 37. The first-order valence-electron chi connectivity index (χ1n) is 34.9. The molecule has 0 aromatic carbocycles. The molecule has 51 heteroatoms. The average Bonchev–Trinajstić information content (AvgIpc) is 1.61. The molecule has 0 aromatic heterocycles. The number of hydrogen-bond donors (Lipinski definition) is 32. The number of ether oxygens (including phenoxy) is 19. The molecule has 0 aliphatic carbocycles. The lowest BCUT2D eigenvalue weighted by Crippen LogP contribution is -2.63. The summed E-state index contributed by atoms with van der Waals surface area (Å²) in [5.41, 5.74) is 0. The van der Waals surface area contributed by atoms with Crippen LogP contribution < -0.4 is 0 Å². The van der Waals surface area contributed by atoms with Gasteiger partial charge in [-0.15, -0.1) is 0 Å². The van der Waals surface area contributed by atoms with Crippen LogP contribution in [0.3, 0.4) is 0 Å². The van der Waals surface area contributed by atoms with E-state index in [-0.39, 0.29) is 0 Å². The Morgan fingerprint density at radius 2 is 0.369 bits per heavy atom. The molecular weight excluding hydrogens is 1540 g/mol. The lowest BCUT2D eigenvalue weighted by atomic mass is 9.98. The van der Waals surface area contributed by atoms with Gasteiger partial charge in [0.1, 0.15) is 249 Å². The van der Waals surface area contributed by atoms with Crippen molar-refractivity contribution in [1.29, 1.82) is 0 Å². The van der Waals surface area contributed by atoms with Gasteiger partial charge in [0.25, 0.3) is 0 Å². The van der Waals surface area contributed by atoms with Crippen LogP contribution in [0.5, 0.6) is 0 Å². The average molecular weight is 1640 g/mol. The Hall–Kier alpha value is -2.04. The minimum absolute atomic E-state index is 0.949. The van der Waals surface area contributed by atoms with Gasteiger partial charge in [-0.25, -0.2) is 0 Å². The van der Waals surface area contributed by atoms with Gasteiger partial charge in [0.05, 0.1) is 66.1 Å². The summed E-state index contributed by atoms with van der Waals surface area (Å²) in [4.78, 5) is 0. The van der Waals surface area contributed by atoms with Crippen molar-refractivity contribution in [2.45, 2.75) is 248 Å². The van der Waals surface area contributed by atoms with Crippen LogP contribution in [-0.2, 0) is 90.0 Å². The van der Waals surface area contributed by atoms with Gasteiger partial charge >= 0.3 is 0 Å². The van der Waals surface area contributed by atoms with E-state index >= 15 is 0 Å². The second-order valence-electron chi connectivity index (χ2n) is 28.6. The Morgan fingerprint density at radius 3 is 0.577 bits per heavy atom. The molecule has 0 unspecified atom stereocenters. The monoisotopic (exact) mass is 1640 g/mol. The molecule has 648 valence electrons. The van der Waals surface area contributed by atoms with Crippen molar-refractivity contribution in [3.8, 4) is 0 Å². The molecule has 111 heavy (non-hydrogen) atoms. The summed E-state index contributed by atoms with van der Waals surface area (Å²) in [5, 5.41) is 351. The van der Waals surface area contributed by atoms with Crippen LogP contribution in [0.15, 0.2) is 0 Å². The van der Waals surface area contributed by atoms with Crippen LogP contribution in [-0.4, -0.2) is 537 Å². The van der Waals surface area contributed by atoms with Gasteiger partial charge in [-0.3, -0.25) is 0 Å². The Bertz CT molecular complexity index is 2950. The Morgan fingerprint density at radius 1 is 0.189 bits per heavy atom. The summed E-state index contributed by atoms with van der Waals surface area (Å²) in [6.07, 6.45) is -69.1. The molecule has 51 nitrogen and oxygen atoms in total. The van der Waals surface area contributed by atoms with Crippen LogP contribution >= 0.6 is 0 Å². The lowest BCUT2D eigenvalue weighted by molar-refractivity contribution is -0.397. The maximum atomic E-state index is 12.0. The molecule has 0 amide bonds. The molecule has 10 rings (SSSR count). The fourth-order valence-electron chi connectivity index (χ4n) is 14.7. The van der Waals surface area contributed by atoms with Gasteiger partial charge in [0, 0.05) is 0 Å². The highest BCUT2D eigenvalue weighted by Crippen LogP contribution is 2.48. The third-order valence-electron chi connectivity index (χ3n) is 21.7. The molecular formula is C60H102O51. The molecule has 0 radical (unpaired) electrons. The third-order valence-corrected chi connectivity index (χ3v) is 21.7. The van der Waals surface area contributed by atoms with Crippen LogP contribution in [0.25, 0.3) is 0 Å². The molecule has 0 bridgehead atoms. The predicted molar refractivity (Wildman–Crippen MR) is 330 cm³/mol. The fraction of sp³-hybridized carbons (Fsp3) is 1.00. The van der Waals surface area contributed by atoms with E-state index in [2.05, 4.69) is 0 Å². The highest BCUT2D eigenvalue weighted by molar-refractivity contribution is 5.09. The van der Waals surface area contributed by atoms with Gasteiger partial charge in [0.2, 0.25) is 52.1 Å². The van der Waals surface area contributed by atoms with Crippen molar-refractivity contribution in [1.82, 2.24) is 0 Å². The summed E-state index contributed by atoms with van der Waals surface area (Å²) in [6.45, 7) is -24.4. The zero-order chi connectivity index (χ0) is 81.8. The molecule has 10 aliphatic heterocycles. The third kappa shape index (κ3) is 16.3. The van der Waals surface area contributed by atoms with Crippen LogP contribution in [0, 0.1) is 0 Å². The summed E-state index contributed by atoms with van der Waals surface area (Å²) in [7, 11) is 0. The largest absolute Gasteiger partial charge is 0.394 e.